The third-order valence-corrected chi connectivity index (χ3v) is 6.48. The Balaban J connectivity index is 1.67. The molecule has 15 heteroatoms. The van der Waals surface area contributed by atoms with Crippen molar-refractivity contribution in [1.82, 2.24) is 20.8 Å². The van der Waals surface area contributed by atoms with Crippen molar-refractivity contribution in [3.63, 3.8) is 0 Å². The number of carbonyl (C=O) groups excluding carboxylic acids is 2. The van der Waals surface area contributed by atoms with Crippen LogP contribution in [-0.2, 0) is 10.3 Å². The van der Waals surface area contributed by atoms with Crippen LogP contribution in [0.4, 0.5) is 26.3 Å². The second-order valence-corrected chi connectivity index (χ2v) is 9.23. The number of rotatable bonds is 10. The Labute approximate surface area is 234 Å². The van der Waals surface area contributed by atoms with Gasteiger partial charge in [0.15, 0.2) is 5.54 Å². The van der Waals surface area contributed by atoms with Gasteiger partial charge in [-0.15, -0.1) is 0 Å². The molecule has 0 unspecified atom stereocenters. The average molecular weight is 599 g/mol. The fourth-order valence-corrected chi connectivity index (χ4v) is 4.33. The van der Waals surface area contributed by atoms with Crippen molar-refractivity contribution < 1.29 is 49.9 Å². The van der Waals surface area contributed by atoms with Crippen molar-refractivity contribution in [2.24, 2.45) is 0 Å². The SMILES string of the molecule is COc1ccc(C2=C(CNC(=O)c3ccno3)C(=O)N[C@@](c3ccc(OCCCC(F)(F)F)cc3)(C(F)(F)F)C2)nc1. The summed E-state index contributed by atoms with van der Waals surface area (Å²) in [7, 11) is 1.38. The first-order valence-electron chi connectivity index (χ1n) is 12.4. The normalized spacial score (nSPS) is 17.5. The van der Waals surface area contributed by atoms with E-state index in [-0.39, 0.29) is 46.9 Å². The molecular formula is C27H24F6N4O5. The lowest BCUT2D eigenvalue weighted by molar-refractivity contribution is -0.201. The van der Waals surface area contributed by atoms with E-state index in [0.29, 0.717) is 5.75 Å². The first-order chi connectivity index (χ1) is 19.8. The van der Waals surface area contributed by atoms with Crippen molar-refractivity contribution in [2.75, 3.05) is 20.3 Å². The van der Waals surface area contributed by atoms with Crippen molar-refractivity contribution in [3.05, 3.63) is 77.4 Å². The lowest BCUT2D eigenvalue weighted by atomic mass is 9.77. The third kappa shape index (κ3) is 6.83. The highest BCUT2D eigenvalue weighted by Crippen LogP contribution is 2.48. The van der Waals surface area contributed by atoms with Crippen LogP contribution in [0.25, 0.3) is 5.57 Å². The fourth-order valence-electron chi connectivity index (χ4n) is 4.33. The Hall–Kier alpha value is -4.56. The zero-order valence-electron chi connectivity index (χ0n) is 21.9. The molecule has 2 aromatic heterocycles. The largest absolute Gasteiger partial charge is 0.495 e. The summed E-state index contributed by atoms with van der Waals surface area (Å²) in [5.74, 6) is -1.62. The number of alkyl halides is 6. The van der Waals surface area contributed by atoms with Crippen LogP contribution in [0.2, 0.25) is 0 Å². The Morgan fingerprint density at radius 1 is 1.07 bits per heavy atom. The van der Waals surface area contributed by atoms with Gasteiger partial charge in [-0.25, -0.2) is 0 Å². The van der Waals surface area contributed by atoms with Gasteiger partial charge in [0.1, 0.15) is 11.5 Å². The van der Waals surface area contributed by atoms with Crippen LogP contribution in [0.3, 0.4) is 0 Å². The number of hydrogen-bond donors (Lipinski definition) is 2. The standard InChI is InChI=1S/C27H24F6N4O5/c1-40-18-7-8-21(34-14-18)19-13-25(27(31,32)33,16-3-5-17(6-4-16)41-12-2-10-26(28,29)30)37-23(38)20(19)15-35-24(39)22-9-11-36-42-22/h3-9,11,14H,2,10,12-13,15H2,1H3,(H,35,39)(H,37,38)/t25-/m0/s1. The highest BCUT2D eigenvalue weighted by atomic mass is 19.4. The van der Waals surface area contributed by atoms with Crippen LogP contribution in [0.15, 0.2) is 65.0 Å². The van der Waals surface area contributed by atoms with Gasteiger partial charge in [0, 0.05) is 31.0 Å². The van der Waals surface area contributed by atoms with E-state index in [1.54, 1.807) is 0 Å². The van der Waals surface area contributed by atoms with E-state index >= 15 is 0 Å². The number of aromatic nitrogens is 2. The van der Waals surface area contributed by atoms with Crippen molar-refractivity contribution in [1.29, 1.82) is 0 Å². The molecule has 0 fully saturated rings. The third-order valence-electron chi connectivity index (χ3n) is 6.48. The Morgan fingerprint density at radius 2 is 1.79 bits per heavy atom. The van der Waals surface area contributed by atoms with Crippen LogP contribution in [0.5, 0.6) is 11.5 Å². The van der Waals surface area contributed by atoms with E-state index in [1.165, 1.54) is 49.8 Å². The van der Waals surface area contributed by atoms with Crippen molar-refractivity contribution >= 4 is 17.4 Å². The Morgan fingerprint density at radius 3 is 2.36 bits per heavy atom. The number of halogens is 6. The second-order valence-electron chi connectivity index (χ2n) is 9.23. The lowest BCUT2D eigenvalue weighted by Crippen LogP contribution is -2.59. The minimum absolute atomic E-state index is 0.0489. The number of nitrogens with zero attached hydrogens (tertiary/aromatic N) is 2. The van der Waals surface area contributed by atoms with Crippen molar-refractivity contribution in [2.45, 2.75) is 37.2 Å². The van der Waals surface area contributed by atoms with Gasteiger partial charge in [-0.05, 0) is 41.8 Å². The molecule has 0 saturated carbocycles. The van der Waals surface area contributed by atoms with Gasteiger partial charge < -0.3 is 24.6 Å². The van der Waals surface area contributed by atoms with E-state index in [0.717, 1.165) is 12.1 Å². The second kappa shape index (κ2) is 12.1. The molecule has 2 N–H and O–H groups in total. The number of methoxy groups -OCH3 is 1. The Bertz CT molecular complexity index is 1420. The number of nitrogens with one attached hydrogen (secondary N) is 2. The molecule has 1 aliphatic heterocycles. The number of pyridine rings is 1. The summed E-state index contributed by atoms with van der Waals surface area (Å²) in [6.07, 6.45) is -9.04. The summed E-state index contributed by atoms with van der Waals surface area (Å²) in [6, 6.07) is 8.67. The first kappa shape index (κ1) is 30.4. The molecule has 0 radical (unpaired) electrons. The predicted molar refractivity (Wildman–Crippen MR) is 134 cm³/mol. The molecular weight excluding hydrogens is 574 g/mol. The van der Waals surface area contributed by atoms with Gasteiger partial charge in [-0.2, -0.15) is 26.3 Å². The molecule has 4 rings (SSSR count). The Kier molecular flexibility index (Phi) is 8.78. The molecule has 42 heavy (non-hydrogen) atoms. The maximum absolute atomic E-state index is 14.8. The minimum atomic E-state index is -5.01. The van der Waals surface area contributed by atoms with Crippen LogP contribution < -0.4 is 20.1 Å². The highest BCUT2D eigenvalue weighted by Gasteiger charge is 2.59. The predicted octanol–water partition coefficient (Wildman–Crippen LogP) is 4.96. The first-order valence-corrected chi connectivity index (χ1v) is 12.4. The minimum Gasteiger partial charge on any atom is -0.495 e. The lowest BCUT2D eigenvalue weighted by Gasteiger charge is -2.41. The number of amides is 2. The van der Waals surface area contributed by atoms with E-state index < -0.39 is 49.1 Å². The molecule has 3 aromatic rings. The zero-order valence-corrected chi connectivity index (χ0v) is 21.9. The van der Waals surface area contributed by atoms with E-state index in [1.807, 2.05) is 0 Å². The summed E-state index contributed by atoms with van der Waals surface area (Å²) in [5.41, 5.74) is -3.45. The number of carbonyl (C=O) groups is 2. The quantitative estimate of drug-likeness (QED) is 0.250. The molecule has 224 valence electrons. The van der Waals surface area contributed by atoms with Crippen LogP contribution in [0.1, 0.15) is 41.1 Å². The molecule has 1 aliphatic rings. The van der Waals surface area contributed by atoms with Gasteiger partial charge >= 0.3 is 12.4 Å². The number of ether oxygens (including phenoxy) is 2. The van der Waals surface area contributed by atoms with E-state index in [9.17, 15) is 35.9 Å². The van der Waals surface area contributed by atoms with Crippen molar-refractivity contribution in [3.8, 4) is 11.5 Å². The molecule has 1 atom stereocenters. The van der Waals surface area contributed by atoms with Gasteiger partial charge in [0.05, 0.1) is 31.8 Å². The summed E-state index contributed by atoms with van der Waals surface area (Å²) in [6.45, 7) is -0.744. The molecule has 0 bridgehead atoms. The monoisotopic (exact) mass is 598 g/mol. The molecule has 9 nitrogen and oxygen atoms in total. The summed E-state index contributed by atoms with van der Waals surface area (Å²) in [5, 5.41) is 7.94. The maximum atomic E-state index is 14.8. The van der Waals surface area contributed by atoms with Crippen LogP contribution in [-0.4, -0.2) is 54.6 Å². The van der Waals surface area contributed by atoms with Gasteiger partial charge in [0.2, 0.25) is 11.7 Å². The molecule has 0 spiro atoms. The van der Waals surface area contributed by atoms with E-state index in [4.69, 9.17) is 14.0 Å². The van der Waals surface area contributed by atoms with Crippen LogP contribution >= 0.6 is 0 Å². The molecule has 0 aliphatic carbocycles. The zero-order chi connectivity index (χ0) is 30.5. The van der Waals surface area contributed by atoms with Gasteiger partial charge in [0.25, 0.3) is 5.91 Å². The number of benzene rings is 1. The van der Waals surface area contributed by atoms with Gasteiger partial charge in [-0.1, -0.05) is 17.3 Å². The highest BCUT2D eigenvalue weighted by molar-refractivity contribution is 6.05. The van der Waals surface area contributed by atoms with Gasteiger partial charge in [-0.3, -0.25) is 14.6 Å². The molecule has 2 amide bonds. The topological polar surface area (TPSA) is 116 Å². The number of hydrogen-bond acceptors (Lipinski definition) is 7. The fraction of sp³-hybridized carbons (Fsp3) is 0.333. The molecule has 0 saturated heterocycles. The molecule has 1 aromatic carbocycles. The van der Waals surface area contributed by atoms with Crippen LogP contribution in [0, 0.1) is 0 Å². The van der Waals surface area contributed by atoms with E-state index in [2.05, 4.69) is 20.8 Å². The summed E-state index contributed by atoms with van der Waals surface area (Å²) < 4.78 is 96.7. The molecule has 3 heterocycles. The summed E-state index contributed by atoms with van der Waals surface area (Å²) in [4.78, 5) is 29.9. The maximum Gasteiger partial charge on any atom is 0.416 e. The summed E-state index contributed by atoms with van der Waals surface area (Å²) >= 11 is 0. The average Bonchev–Trinajstić information content (AvgIpc) is 3.49. The smallest absolute Gasteiger partial charge is 0.416 e.